The van der Waals surface area contributed by atoms with Gasteiger partial charge in [0, 0.05) is 26.6 Å². The summed E-state index contributed by atoms with van der Waals surface area (Å²) < 4.78 is 23.6. The number of ether oxygens (including phenoxy) is 2. The van der Waals surface area contributed by atoms with Crippen molar-refractivity contribution in [2.45, 2.75) is 25.9 Å². The predicted molar refractivity (Wildman–Crippen MR) is 94.5 cm³/mol. The molecule has 0 N–H and O–H groups in total. The van der Waals surface area contributed by atoms with Gasteiger partial charge in [-0.05, 0) is 11.1 Å². The second-order valence-electron chi connectivity index (χ2n) is 5.94. The number of carbonyl (C=O) groups excluding carboxylic acids is 1. The second kappa shape index (κ2) is 9.30. The molecule has 0 heterocycles. The number of halogens is 1. The molecule has 25 heavy (non-hydrogen) atoms. The normalized spacial score (nSPS) is 13.4. The molecule has 0 saturated carbocycles. The van der Waals surface area contributed by atoms with E-state index in [-0.39, 0.29) is 6.61 Å². The quantitative estimate of drug-likeness (QED) is 0.652. The Labute approximate surface area is 148 Å². The predicted octanol–water partition coefficient (Wildman–Crippen LogP) is 3.56. The second-order valence-corrected chi connectivity index (χ2v) is 5.94. The number of esters is 1. The van der Waals surface area contributed by atoms with Crippen LogP contribution in [-0.4, -0.2) is 37.0 Å². The molecule has 2 rings (SSSR count). The average Bonchev–Trinajstić information content (AvgIpc) is 2.62. The highest BCUT2D eigenvalue weighted by molar-refractivity contribution is 5.76. The van der Waals surface area contributed by atoms with E-state index in [1.807, 2.05) is 60.7 Å². The van der Waals surface area contributed by atoms with Crippen molar-refractivity contribution in [1.82, 2.24) is 4.90 Å². The zero-order chi connectivity index (χ0) is 18.1. The lowest BCUT2D eigenvalue weighted by Crippen LogP contribution is -2.37. The third-order valence-electron chi connectivity index (χ3n) is 3.83. The van der Waals surface area contributed by atoms with Gasteiger partial charge in [-0.3, -0.25) is 4.90 Å². The van der Waals surface area contributed by atoms with Crippen molar-refractivity contribution < 1.29 is 18.7 Å². The number of nitrogens with zero attached hydrogens (tertiary/aromatic N) is 1. The molecule has 0 spiro atoms. The molecule has 2 aromatic carbocycles. The highest BCUT2D eigenvalue weighted by Crippen LogP contribution is 2.15. The summed E-state index contributed by atoms with van der Waals surface area (Å²) in [5.41, 5.74) is 2.32. The Hall–Kier alpha value is -2.24. The van der Waals surface area contributed by atoms with Crippen LogP contribution < -0.4 is 0 Å². The summed E-state index contributed by atoms with van der Waals surface area (Å²) in [6.07, 6.45) is 0. The molecule has 5 heteroatoms. The fourth-order valence-electron chi connectivity index (χ4n) is 2.50. The summed E-state index contributed by atoms with van der Waals surface area (Å²) in [6.45, 7) is 3.06. The van der Waals surface area contributed by atoms with E-state index < -0.39 is 11.8 Å². The molecule has 1 unspecified atom stereocenters. The Bertz CT molecular complexity index is 605. The van der Waals surface area contributed by atoms with Crippen molar-refractivity contribution in [3.8, 4) is 0 Å². The van der Waals surface area contributed by atoms with Gasteiger partial charge in [0.15, 0.2) is 0 Å². The van der Waals surface area contributed by atoms with Gasteiger partial charge in [-0.15, -0.1) is 0 Å². The molecule has 0 aliphatic rings. The van der Waals surface area contributed by atoms with Crippen molar-refractivity contribution in [3.05, 3.63) is 71.8 Å². The first-order valence-corrected chi connectivity index (χ1v) is 8.23. The fraction of sp³-hybridized carbons (Fsp3) is 0.350. The molecule has 4 nitrogen and oxygen atoms in total. The van der Waals surface area contributed by atoms with E-state index in [9.17, 15) is 9.18 Å². The molecule has 0 fully saturated rings. The Morgan fingerprint density at radius 1 is 1.00 bits per heavy atom. The van der Waals surface area contributed by atoms with Gasteiger partial charge in [-0.1, -0.05) is 60.7 Å². The summed E-state index contributed by atoms with van der Waals surface area (Å²) in [6, 6.07) is 20.1. The molecule has 0 saturated heterocycles. The largest absolute Gasteiger partial charge is 0.465 e. The molecule has 0 aromatic heterocycles. The lowest BCUT2D eigenvalue weighted by molar-refractivity contribution is -0.194. The van der Waals surface area contributed by atoms with E-state index in [1.54, 1.807) is 0 Å². The molecule has 0 amide bonds. The minimum atomic E-state index is -2.43. The minimum absolute atomic E-state index is 0.0851. The van der Waals surface area contributed by atoms with Crippen LogP contribution >= 0.6 is 0 Å². The summed E-state index contributed by atoms with van der Waals surface area (Å²) in [4.78, 5) is 13.5. The first-order valence-electron chi connectivity index (χ1n) is 8.23. The minimum Gasteiger partial charge on any atom is -0.465 e. The van der Waals surface area contributed by atoms with Crippen LogP contribution in [0.4, 0.5) is 4.39 Å². The fourth-order valence-corrected chi connectivity index (χ4v) is 2.50. The van der Waals surface area contributed by atoms with E-state index in [0.717, 1.165) is 25.2 Å². The van der Waals surface area contributed by atoms with E-state index in [2.05, 4.69) is 9.64 Å². The Morgan fingerprint density at radius 3 is 1.92 bits per heavy atom. The van der Waals surface area contributed by atoms with Crippen LogP contribution in [0.1, 0.15) is 18.1 Å². The molecule has 134 valence electrons. The number of alkyl halides is 1. The smallest absolute Gasteiger partial charge is 0.371 e. The summed E-state index contributed by atoms with van der Waals surface area (Å²) in [7, 11) is 1.14. The molecule has 0 bridgehead atoms. The highest BCUT2D eigenvalue weighted by atomic mass is 19.2. The average molecular weight is 345 g/mol. The number of hydrogen-bond acceptors (Lipinski definition) is 4. The van der Waals surface area contributed by atoms with Gasteiger partial charge in [0.05, 0.1) is 13.7 Å². The van der Waals surface area contributed by atoms with E-state index in [1.165, 1.54) is 0 Å². The standard InChI is InChI=1S/C20H24FNO3/c1-20(21,19(23)24-2)25-14-13-22(15-17-9-5-3-6-10-17)16-18-11-7-4-8-12-18/h3-12H,13-16H2,1-2H3. The van der Waals surface area contributed by atoms with Crippen molar-refractivity contribution in [1.29, 1.82) is 0 Å². The van der Waals surface area contributed by atoms with Crippen LogP contribution in [-0.2, 0) is 27.4 Å². The Morgan fingerprint density at radius 2 is 1.48 bits per heavy atom. The third kappa shape index (κ3) is 6.29. The van der Waals surface area contributed by atoms with Gasteiger partial charge in [0.2, 0.25) is 0 Å². The summed E-state index contributed by atoms with van der Waals surface area (Å²) in [5.74, 6) is -3.45. The Balaban J connectivity index is 1.97. The first-order chi connectivity index (χ1) is 12.0. The molecule has 0 radical (unpaired) electrons. The van der Waals surface area contributed by atoms with Gasteiger partial charge in [-0.25, -0.2) is 4.79 Å². The van der Waals surface area contributed by atoms with E-state index in [0.29, 0.717) is 19.6 Å². The van der Waals surface area contributed by atoms with Gasteiger partial charge < -0.3 is 9.47 Å². The topological polar surface area (TPSA) is 38.8 Å². The van der Waals surface area contributed by atoms with Crippen LogP contribution in [0.15, 0.2) is 60.7 Å². The zero-order valence-corrected chi connectivity index (χ0v) is 14.7. The van der Waals surface area contributed by atoms with Crippen LogP contribution in [0, 0.1) is 0 Å². The lowest BCUT2D eigenvalue weighted by Gasteiger charge is -2.25. The van der Waals surface area contributed by atoms with Crippen molar-refractivity contribution in [2.75, 3.05) is 20.3 Å². The maximum Gasteiger partial charge on any atom is 0.371 e. The maximum atomic E-state index is 14.1. The number of hydrogen-bond donors (Lipinski definition) is 0. The maximum absolute atomic E-state index is 14.1. The van der Waals surface area contributed by atoms with Crippen molar-refractivity contribution in [2.24, 2.45) is 0 Å². The van der Waals surface area contributed by atoms with Crippen molar-refractivity contribution >= 4 is 5.97 Å². The summed E-state index contributed by atoms with van der Waals surface area (Å²) >= 11 is 0. The molecule has 2 aromatic rings. The number of carbonyl (C=O) groups is 1. The summed E-state index contributed by atoms with van der Waals surface area (Å²) in [5, 5.41) is 0. The van der Waals surface area contributed by atoms with Crippen LogP contribution in [0.3, 0.4) is 0 Å². The van der Waals surface area contributed by atoms with Gasteiger partial charge in [0.1, 0.15) is 0 Å². The van der Waals surface area contributed by atoms with Crippen LogP contribution in [0.2, 0.25) is 0 Å². The SMILES string of the molecule is COC(=O)C(C)(F)OCCN(Cc1ccccc1)Cc1ccccc1. The van der Waals surface area contributed by atoms with Gasteiger partial charge in [-0.2, -0.15) is 4.39 Å². The number of benzene rings is 2. The molecule has 0 aliphatic carbocycles. The van der Waals surface area contributed by atoms with Crippen molar-refractivity contribution in [3.63, 3.8) is 0 Å². The number of rotatable bonds is 9. The zero-order valence-electron chi connectivity index (χ0n) is 14.7. The van der Waals surface area contributed by atoms with E-state index >= 15 is 0 Å². The van der Waals surface area contributed by atoms with E-state index in [4.69, 9.17) is 4.74 Å². The molecule has 1 atom stereocenters. The molecular formula is C20H24FNO3. The Kier molecular flexibility index (Phi) is 7.10. The molecule has 0 aliphatic heterocycles. The first kappa shape index (κ1) is 19.1. The molecular weight excluding hydrogens is 321 g/mol. The highest BCUT2D eigenvalue weighted by Gasteiger charge is 2.35. The monoisotopic (exact) mass is 345 g/mol. The third-order valence-corrected chi connectivity index (χ3v) is 3.83. The lowest BCUT2D eigenvalue weighted by atomic mass is 10.1. The van der Waals surface area contributed by atoms with Crippen LogP contribution in [0.5, 0.6) is 0 Å². The van der Waals surface area contributed by atoms with Gasteiger partial charge >= 0.3 is 11.8 Å². The van der Waals surface area contributed by atoms with Gasteiger partial charge in [0.25, 0.3) is 0 Å². The van der Waals surface area contributed by atoms with Crippen LogP contribution in [0.25, 0.3) is 0 Å². The number of methoxy groups -OCH3 is 1.